The molecule has 0 saturated carbocycles. The van der Waals surface area contributed by atoms with Gasteiger partial charge in [-0.05, 0) is 18.1 Å². The first-order valence-corrected chi connectivity index (χ1v) is 6.69. The molecule has 19 heavy (non-hydrogen) atoms. The zero-order chi connectivity index (χ0) is 12.7. The van der Waals surface area contributed by atoms with Crippen LogP contribution in [-0.4, -0.2) is 26.4 Å². The second kappa shape index (κ2) is 4.24. The summed E-state index contributed by atoms with van der Waals surface area (Å²) in [5.41, 5.74) is 4.11. The van der Waals surface area contributed by atoms with Crippen LogP contribution in [0.5, 0.6) is 0 Å². The summed E-state index contributed by atoms with van der Waals surface area (Å²) in [4.78, 5) is 13.5. The number of aromatic amines is 2. The topological polar surface area (TPSA) is 47.7 Å². The van der Waals surface area contributed by atoms with Crippen LogP contribution < -0.4 is 0 Å². The summed E-state index contributed by atoms with van der Waals surface area (Å²) < 4.78 is 0. The highest BCUT2D eigenvalue weighted by Gasteiger charge is 2.20. The highest BCUT2D eigenvalue weighted by atomic mass is 15.2. The van der Waals surface area contributed by atoms with Crippen molar-refractivity contribution in [3.8, 4) is 0 Å². The number of imidazole rings is 1. The monoisotopic (exact) mass is 252 g/mol. The largest absolute Gasteiger partial charge is 0.357 e. The molecule has 4 rings (SSSR count). The number of nitrogens with zero attached hydrogens (tertiary/aromatic N) is 2. The second-order valence-corrected chi connectivity index (χ2v) is 5.12. The zero-order valence-electron chi connectivity index (χ0n) is 10.7. The van der Waals surface area contributed by atoms with Crippen LogP contribution in [-0.2, 0) is 19.5 Å². The highest BCUT2D eigenvalue weighted by molar-refractivity contribution is 5.84. The van der Waals surface area contributed by atoms with Crippen LogP contribution in [0.25, 0.3) is 10.9 Å². The highest BCUT2D eigenvalue weighted by Crippen LogP contribution is 2.27. The molecule has 0 saturated heterocycles. The molecule has 0 unspecified atom stereocenters. The van der Waals surface area contributed by atoms with Crippen LogP contribution >= 0.6 is 0 Å². The quantitative estimate of drug-likeness (QED) is 0.736. The lowest BCUT2D eigenvalue weighted by atomic mass is 10.0. The van der Waals surface area contributed by atoms with Crippen LogP contribution in [0.2, 0.25) is 0 Å². The van der Waals surface area contributed by atoms with Gasteiger partial charge in [0.15, 0.2) is 0 Å². The van der Waals surface area contributed by atoms with Gasteiger partial charge in [-0.3, -0.25) is 4.90 Å². The van der Waals surface area contributed by atoms with E-state index in [1.54, 1.807) is 0 Å². The molecule has 0 amide bonds. The van der Waals surface area contributed by atoms with Crippen molar-refractivity contribution in [1.82, 2.24) is 19.9 Å². The Bertz CT molecular complexity index is 696. The molecule has 0 atom stereocenters. The first-order valence-electron chi connectivity index (χ1n) is 6.69. The zero-order valence-corrected chi connectivity index (χ0v) is 10.7. The van der Waals surface area contributed by atoms with E-state index in [0.717, 1.165) is 31.9 Å². The minimum absolute atomic E-state index is 0.891. The minimum atomic E-state index is 0.891. The third-order valence-corrected chi connectivity index (χ3v) is 3.89. The predicted molar refractivity (Wildman–Crippen MR) is 74.7 cm³/mol. The van der Waals surface area contributed by atoms with Crippen molar-refractivity contribution >= 4 is 10.9 Å². The van der Waals surface area contributed by atoms with Crippen molar-refractivity contribution in [2.45, 2.75) is 19.5 Å². The summed E-state index contributed by atoms with van der Waals surface area (Å²) in [5.74, 6) is 1.04. The van der Waals surface area contributed by atoms with Crippen LogP contribution in [0, 0.1) is 0 Å². The Morgan fingerprint density at radius 3 is 3.11 bits per heavy atom. The number of aromatic nitrogens is 3. The molecule has 0 aliphatic carbocycles. The number of hydrogen-bond acceptors (Lipinski definition) is 2. The molecular weight excluding hydrogens is 236 g/mol. The van der Waals surface area contributed by atoms with E-state index >= 15 is 0 Å². The van der Waals surface area contributed by atoms with E-state index in [1.165, 1.54) is 22.2 Å². The molecule has 0 bridgehead atoms. The number of fused-ring (bicyclic) bond motifs is 3. The van der Waals surface area contributed by atoms with Gasteiger partial charge in [0.25, 0.3) is 0 Å². The van der Waals surface area contributed by atoms with E-state index in [4.69, 9.17) is 0 Å². The van der Waals surface area contributed by atoms with Gasteiger partial charge in [-0.15, -0.1) is 0 Å². The Kier molecular flexibility index (Phi) is 2.42. The number of hydrogen-bond donors (Lipinski definition) is 2. The molecule has 1 aromatic carbocycles. The van der Waals surface area contributed by atoms with E-state index in [1.807, 2.05) is 12.4 Å². The number of H-pyrrole nitrogens is 2. The molecule has 0 fully saturated rings. The molecule has 3 aromatic rings. The van der Waals surface area contributed by atoms with E-state index in [0.29, 0.717) is 0 Å². The fraction of sp³-hybridized carbons (Fsp3) is 0.267. The van der Waals surface area contributed by atoms with Crippen LogP contribution in [0.4, 0.5) is 0 Å². The van der Waals surface area contributed by atoms with Crippen molar-refractivity contribution < 1.29 is 0 Å². The molecule has 3 heterocycles. The van der Waals surface area contributed by atoms with Crippen LogP contribution in [0.1, 0.15) is 17.1 Å². The second-order valence-electron chi connectivity index (χ2n) is 5.12. The maximum absolute atomic E-state index is 4.30. The van der Waals surface area contributed by atoms with E-state index in [9.17, 15) is 0 Å². The molecule has 2 N–H and O–H groups in total. The molecular formula is C15H16N4. The third-order valence-electron chi connectivity index (χ3n) is 3.89. The maximum atomic E-state index is 4.30. The fourth-order valence-electron chi connectivity index (χ4n) is 2.98. The molecule has 0 radical (unpaired) electrons. The van der Waals surface area contributed by atoms with Gasteiger partial charge in [-0.2, -0.15) is 0 Å². The van der Waals surface area contributed by atoms with Gasteiger partial charge < -0.3 is 9.97 Å². The van der Waals surface area contributed by atoms with E-state index < -0.39 is 0 Å². The van der Waals surface area contributed by atoms with Crippen molar-refractivity contribution in [2.75, 3.05) is 6.54 Å². The standard InChI is InChI=1S/C15H16N4/c1-2-4-13-11(3-1)12-5-8-19(9-14(12)18-13)10-15-16-6-7-17-15/h1-4,6-7,18H,5,8-10H2,(H,16,17). The Balaban J connectivity index is 1.63. The van der Waals surface area contributed by atoms with Crippen LogP contribution in [0.3, 0.4) is 0 Å². The Morgan fingerprint density at radius 2 is 2.21 bits per heavy atom. The van der Waals surface area contributed by atoms with Gasteiger partial charge in [0.2, 0.25) is 0 Å². The van der Waals surface area contributed by atoms with Gasteiger partial charge >= 0.3 is 0 Å². The Hall–Kier alpha value is -2.07. The molecule has 2 aromatic heterocycles. The molecule has 0 spiro atoms. The molecule has 1 aliphatic rings. The first-order chi connectivity index (χ1) is 9.40. The summed E-state index contributed by atoms with van der Waals surface area (Å²) in [6.45, 7) is 2.96. The predicted octanol–water partition coefficient (Wildman–Crippen LogP) is 2.45. The number of para-hydroxylation sites is 1. The lowest BCUT2D eigenvalue weighted by molar-refractivity contribution is 0.238. The van der Waals surface area contributed by atoms with Crippen LogP contribution in [0.15, 0.2) is 36.7 Å². The Morgan fingerprint density at radius 1 is 1.26 bits per heavy atom. The van der Waals surface area contributed by atoms with Crippen molar-refractivity contribution in [2.24, 2.45) is 0 Å². The van der Waals surface area contributed by atoms with Crippen molar-refractivity contribution in [1.29, 1.82) is 0 Å². The number of nitrogens with one attached hydrogen (secondary N) is 2. The van der Waals surface area contributed by atoms with Gasteiger partial charge in [-0.25, -0.2) is 4.98 Å². The fourth-order valence-corrected chi connectivity index (χ4v) is 2.98. The first kappa shape index (κ1) is 10.8. The lowest BCUT2D eigenvalue weighted by Gasteiger charge is -2.25. The van der Waals surface area contributed by atoms with Gasteiger partial charge in [0.05, 0.1) is 6.54 Å². The van der Waals surface area contributed by atoms with Gasteiger partial charge in [-0.1, -0.05) is 18.2 Å². The maximum Gasteiger partial charge on any atom is 0.120 e. The average Bonchev–Trinajstić information content (AvgIpc) is 3.05. The van der Waals surface area contributed by atoms with E-state index in [-0.39, 0.29) is 0 Å². The Labute approximate surface area is 111 Å². The minimum Gasteiger partial charge on any atom is -0.357 e. The SMILES string of the molecule is c1ccc2c3c([nH]c2c1)CN(Cc1ncc[nH]1)CC3. The number of rotatable bonds is 2. The molecule has 4 heteroatoms. The van der Waals surface area contributed by atoms with E-state index in [2.05, 4.69) is 44.1 Å². The molecule has 1 aliphatic heterocycles. The summed E-state index contributed by atoms with van der Waals surface area (Å²) >= 11 is 0. The average molecular weight is 252 g/mol. The smallest absolute Gasteiger partial charge is 0.120 e. The van der Waals surface area contributed by atoms with Gasteiger partial charge in [0.1, 0.15) is 5.82 Å². The summed E-state index contributed by atoms with van der Waals surface area (Å²) in [5, 5.41) is 1.38. The summed E-state index contributed by atoms with van der Waals surface area (Å²) in [7, 11) is 0. The molecule has 4 nitrogen and oxygen atoms in total. The van der Waals surface area contributed by atoms with Gasteiger partial charge in [0, 0.05) is 42.1 Å². The van der Waals surface area contributed by atoms with Crippen molar-refractivity contribution in [3.63, 3.8) is 0 Å². The summed E-state index contributed by atoms with van der Waals surface area (Å²) in [6.07, 6.45) is 4.81. The normalized spacial score (nSPS) is 15.8. The van der Waals surface area contributed by atoms with Crippen molar-refractivity contribution in [3.05, 3.63) is 53.7 Å². The lowest BCUT2D eigenvalue weighted by Crippen LogP contribution is -2.30. The molecule has 96 valence electrons. The third kappa shape index (κ3) is 1.85. The number of benzene rings is 1. The summed E-state index contributed by atoms with van der Waals surface area (Å²) in [6, 6.07) is 8.58.